The van der Waals surface area contributed by atoms with Crippen LogP contribution in [0.25, 0.3) is 0 Å². The summed E-state index contributed by atoms with van der Waals surface area (Å²) in [6.07, 6.45) is 0. The number of amides is 2. The first kappa shape index (κ1) is 17.8. The van der Waals surface area contributed by atoms with Gasteiger partial charge in [0.1, 0.15) is 0 Å². The van der Waals surface area contributed by atoms with Crippen LogP contribution in [0.15, 0.2) is 42.5 Å². The quantitative estimate of drug-likeness (QED) is 0.826. The molecule has 2 amide bonds. The van der Waals surface area contributed by atoms with Gasteiger partial charge in [-0.2, -0.15) is 0 Å². The predicted octanol–water partition coefficient (Wildman–Crippen LogP) is 1.97. The molecule has 1 atom stereocenters. The summed E-state index contributed by atoms with van der Waals surface area (Å²) >= 11 is 0. The summed E-state index contributed by atoms with van der Waals surface area (Å²) < 4.78 is 10.7. The van der Waals surface area contributed by atoms with Crippen LogP contribution in [-0.2, 0) is 11.3 Å². The van der Waals surface area contributed by atoms with Gasteiger partial charge in [0.15, 0.2) is 11.5 Å². The lowest BCUT2D eigenvalue weighted by Crippen LogP contribution is -2.39. The first-order valence-electron chi connectivity index (χ1n) is 8.23. The second-order valence-electron chi connectivity index (χ2n) is 6.21. The molecule has 0 aromatic heterocycles. The summed E-state index contributed by atoms with van der Waals surface area (Å²) in [4.78, 5) is 25.5. The predicted molar refractivity (Wildman–Crippen MR) is 97.1 cm³/mol. The molecule has 136 valence electrons. The average Bonchev–Trinajstić information content (AvgIpc) is 3.09. The zero-order chi connectivity index (χ0) is 18.7. The molecule has 0 spiro atoms. The topological polar surface area (TPSA) is 93.9 Å². The van der Waals surface area contributed by atoms with Crippen molar-refractivity contribution in [3.8, 4) is 11.5 Å². The number of rotatable bonds is 6. The van der Waals surface area contributed by atoms with Crippen molar-refractivity contribution in [2.24, 2.45) is 5.73 Å². The number of carbonyl (C=O) groups is 2. The number of nitrogens with two attached hydrogens (primary N) is 1. The fourth-order valence-corrected chi connectivity index (χ4v) is 2.63. The van der Waals surface area contributed by atoms with Crippen LogP contribution in [0, 0.1) is 0 Å². The molecule has 0 saturated carbocycles. The van der Waals surface area contributed by atoms with Crippen molar-refractivity contribution >= 4 is 17.5 Å². The number of carbonyl (C=O) groups excluding carboxylic acids is 2. The molecule has 3 N–H and O–H groups in total. The fourth-order valence-electron chi connectivity index (χ4n) is 2.63. The third kappa shape index (κ3) is 3.94. The van der Waals surface area contributed by atoms with Gasteiger partial charge in [-0.3, -0.25) is 14.5 Å². The number of hydrogen-bond acceptors (Lipinski definition) is 5. The van der Waals surface area contributed by atoms with Crippen molar-refractivity contribution in [2.75, 3.05) is 19.2 Å². The van der Waals surface area contributed by atoms with Crippen LogP contribution in [0.1, 0.15) is 22.8 Å². The van der Waals surface area contributed by atoms with Gasteiger partial charge >= 0.3 is 0 Å². The maximum Gasteiger partial charge on any atom is 0.248 e. The minimum absolute atomic E-state index is 0.139. The Kier molecular flexibility index (Phi) is 5.09. The van der Waals surface area contributed by atoms with E-state index < -0.39 is 5.91 Å². The SMILES string of the molecule is C[C@@H](C(=O)Nc1ccc(C(N)=O)cc1)N(C)Cc1ccc2c(c1)OCO2. The van der Waals surface area contributed by atoms with Crippen molar-refractivity contribution in [1.82, 2.24) is 4.90 Å². The number of primary amides is 1. The summed E-state index contributed by atoms with van der Waals surface area (Å²) in [5.74, 6) is 0.823. The van der Waals surface area contributed by atoms with E-state index in [4.69, 9.17) is 15.2 Å². The third-order valence-electron chi connectivity index (χ3n) is 4.35. The minimum Gasteiger partial charge on any atom is -0.454 e. The van der Waals surface area contributed by atoms with Gasteiger partial charge in [-0.15, -0.1) is 0 Å². The van der Waals surface area contributed by atoms with Crippen LogP contribution in [0.3, 0.4) is 0 Å². The van der Waals surface area contributed by atoms with Crippen molar-refractivity contribution in [3.63, 3.8) is 0 Å². The zero-order valence-corrected chi connectivity index (χ0v) is 14.7. The summed E-state index contributed by atoms with van der Waals surface area (Å²) in [5, 5.41) is 2.84. The van der Waals surface area contributed by atoms with E-state index in [0.717, 1.165) is 17.1 Å². The van der Waals surface area contributed by atoms with Crippen molar-refractivity contribution < 1.29 is 19.1 Å². The Bertz CT molecular complexity index is 820. The number of hydrogen-bond donors (Lipinski definition) is 2. The highest BCUT2D eigenvalue weighted by Crippen LogP contribution is 2.32. The molecule has 7 heteroatoms. The molecule has 0 fully saturated rings. The van der Waals surface area contributed by atoms with Gasteiger partial charge in [0, 0.05) is 17.8 Å². The van der Waals surface area contributed by atoms with Crippen LogP contribution >= 0.6 is 0 Å². The lowest BCUT2D eigenvalue weighted by Gasteiger charge is -2.24. The molecule has 7 nitrogen and oxygen atoms in total. The standard InChI is InChI=1S/C19H21N3O4/c1-12(19(24)21-15-6-4-14(5-7-15)18(20)23)22(2)10-13-3-8-16-17(9-13)26-11-25-16/h3-9,12H,10-11H2,1-2H3,(H2,20,23)(H,21,24)/t12-/m0/s1. The molecule has 26 heavy (non-hydrogen) atoms. The highest BCUT2D eigenvalue weighted by molar-refractivity contribution is 5.96. The molecule has 2 aromatic carbocycles. The largest absolute Gasteiger partial charge is 0.454 e. The van der Waals surface area contributed by atoms with Crippen LogP contribution < -0.4 is 20.5 Å². The fraction of sp³-hybridized carbons (Fsp3) is 0.263. The second-order valence-corrected chi connectivity index (χ2v) is 6.21. The maximum atomic E-state index is 12.5. The average molecular weight is 355 g/mol. The van der Waals surface area contributed by atoms with Gasteiger partial charge in [-0.25, -0.2) is 0 Å². The van der Waals surface area contributed by atoms with E-state index in [1.807, 2.05) is 37.1 Å². The van der Waals surface area contributed by atoms with E-state index in [1.54, 1.807) is 24.3 Å². The van der Waals surface area contributed by atoms with E-state index in [-0.39, 0.29) is 18.7 Å². The van der Waals surface area contributed by atoms with Gasteiger partial charge in [-0.1, -0.05) is 6.07 Å². The normalized spacial score (nSPS) is 13.5. The Balaban J connectivity index is 1.59. The molecule has 0 unspecified atom stereocenters. The van der Waals surface area contributed by atoms with Crippen LogP contribution in [0.2, 0.25) is 0 Å². The highest BCUT2D eigenvalue weighted by Gasteiger charge is 2.20. The van der Waals surface area contributed by atoms with Gasteiger partial charge < -0.3 is 20.5 Å². The molecule has 0 saturated heterocycles. The molecular weight excluding hydrogens is 334 g/mol. The highest BCUT2D eigenvalue weighted by atomic mass is 16.7. The van der Waals surface area contributed by atoms with E-state index in [1.165, 1.54) is 0 Å². The molecular formula is C19H21N3O4. The van der Waals surface area contributed by atoms with Crippen molar-refractivity contribution in [1.29, 1.82) is 0 Å². The number of likely N-dealkylation sites (N-methyl/N-ethyl adjacent to an activating group) is 1. The van der Waals surface area contributed by atoms with Crippen molar-refractivity contribution in [2.45, 2.75) is 19.5 Å². The van der Waals surface area contributed by atoms with E-state index in [0.29, 0.717) is 17.8 Å². The Morgan fingerprint density at radius 1 is 1.15 bits per heavy atom. The Labute approximate surface area is 151 Å². The zero-order valence-electron chi connectivity index (χ0n) is 14.7. The summed E-state index contributed by atoms with van der Waals surface area (Å²) in [6, 6.07) is 11.9. The Morgan fingerprint density at radius 3 is 2.54 bits per heavy atom. The lowest BCUT2D eigenvalue weighted by atomic mass is 10.1. The molecule has 0 bridgehead atoms. The van der Waals surface area contributed by atoms with E-state index in [9.17, 15) is 9.59 Å². The molecule has 0 aliphatic carbocycles. The van der Waals surface area contributed by atoms with Gasteiger partial charge in [0.25, 0.3) is 0 Å². The number of benzene rings is 2. The molecule has 1 aliphatic rings. The van der Waals surface area contributed by atoms with Gasteiger partial charge in [0.05, 0.1) is 6.04 Å². The smallest absolute Gasteiger partial charge is 0.248 e. The molecule has 2 aromatic rings. The third-order valence-corrected chi connectivity index (χ3v) is 4.35. The number of nitrogens with zero attached hydrogens (tertiary/aromatic N) is 1. The van der Waals surface area contributed by atoms with Gasteiger partial charge in [-0.05, 0) is 55.9 Å². The molecule has 0 radical (unpaired) electrons. The molecule has 3 rings (SSSR count). The molecule has 1 heterocycles. The summed E-state index contributed by atoms with van der Waals surface area (Å²) in [6.45, 7) is 2.66. The van der Waals surface area contributed by atoms with E-state index in [2.05, 4.69) is 5.32 Å². The first-order chi connectivity index (χ1) is 12.4. The van der Waals surface area contributed by atoms with Crippen LogP contribution in [0.5, 0.6) is 11.5 Å². The monoisotopic (exact) mass is 355 g/mol. The van der Waals surface area contributed by atoms with Gasteiger partial charge in [0.2, 0.25) is 18.6 Å². The summed E-state index contributed by atoms with van der Waals surface area (Å²) in [7, 11) is 1.88. The Hall–Kier alpha value is -3.06. The van der Waals surface area contributed by atoms with Crippen molar-refractivity contribution in [3.05, 3.63) is 53.6 Å². The van der Waals surface area contributed by atoms with Crippen LogP contribution in [0.4, 0.5) is 5.69 Å². The number of fused-ring (bicyclic) bond motifs is 1. The second kappa shape index (κ2) is 7.45. The number of ether oxygens (including phenoxy) is 2. The number of anilines is 1. The van der Waals surface area contributed by atoms with Crippen LogP contribution in [-0.4, -0.2) is 36.6 Å². The maximum absolute atomic E-state index is 12.5. The minimum atomic E-state index is -0.500. The first-order valence-corrected chi connectivity index (χ1v) is 8.23. The Morgan fingerprint density at radius 2 is 1.85 bits per heavy atom. The van der Waals surface area contributed by atoms with E-state index >= 15 is 0 Å². The molecule has 1 aliphatic heterocycles. The summed E-state index contributed by atoms with van der Waals surface area (Å²) in [5.41, 5.74) is 7.25. The number of nitrogens with one attached hydrogen (secondary N) is 1. The lowest BCUT2D eigenvalue weighted by molar-refractivity contribution is -0.120.